The SMILES string of the molecule is CCCOc1ccc(C(=O)Oc2ccc(/C=N/NC(=O)CSc3nnc(C)n3-c3ccccc3)cc2)cc1. The zero-order valence-corrected chi connectivity index (χ0v) is 21.9. The zero-order chi connectivity index (χ0) is 26.7. The summed E-state index contributed by atoms with van der Waals surface area (Å²) in [7, 11) is 0. The molecule has 10 heteroatoms. The maximum atomic E-state index is 12.4. The van der Waals surface area contributed by atoms with E-state index in [1.54, 1.807) is 48.5 Å². The van der Waals surface area contributed by atoms with E-state index in [0.29, 0.717) is 28.8 Å². The van der Waals surface area contributed by atoms with Crippen LogP contribution >= 0.6 is 11.8 Å². The lowest BCUT2D eigenvalue weighted by Crippen LogP contribution is -2.20. The van der Waals surface area contributed by atoms with Gasteiger partial charge >= 0.3 is 5.97 Å². The highest BCUT2D eigenvalue weighted by atomic mass is 32.2. The summed E-state index contributed by atoms with van der Waals surface area (Å²) in [6.45, 7) is 4.52. The first-order valence-corrected chi connectivity index (χ1v) is 13.0. The molecule has 4 rings (SSSR count). The Hall–Kier alpha value is -4.44. The van der Waals surface area contributed by atoms with E-state index in [1.165, 1.54) is 18.0 Å². The zero-order valence-electron chi connectivity index (χ0n) is 21.0. The Morgan fingerprint density at radius 1 is 0.974 bits per heavy atom. The molecule has 1 amide bonds. The van der Waals surface area contributed by atoms with Crippen LogP contribution in [0.1, 0.15) is 35.1 Å². The number of nitrogens with one attached hydrogen (secondary N) is 1. The van der Waals surface area contributed by atoms with Crippen LogP contribution in [0, 0.1) is 6.92 Å². The third-order valence-corrected chi connectivity index (χ3v) is 6.13. The van der Waals surface area contributed by atoms with Crippen LogP contribution in [-0.4, -0.2) is 45.2 Å². The molecule has 0 aliphatic heterocycles. The lowest BCUT2D eigenvalue weighted by Gasteiger charge is -2.07. The summed E-state index contributed by atoms with van der Waals surface area (Å²) < 4.78 is 12.8. The Morgan fingerprint density at radius 2 is 1.68 bits per heavy atom. The van der Waals surface area contributed by atoms with Crippen LogP contribution in [-0.2, 0) is 4.79 Å². The molecule has 1 heterocycles. The highest BCUT2D eigenvalue weighted by Gasteiger charge is 2.13. The van der Waals surface area contributed by atoms with Crippen LogP contribution in [0.5, 0.6) is 11.5 Å². The number of carbonyl (C=O) groups excluding carboxylic acids is 2. The van der Waals surface area contributed by atoms with Crippen molar-refractivity contribution in [3.05, 3.63) is 95.8 Å². The second-order valence-electron chi connectivity index (χ2n) is 8.11. The van der Waals surface area contributed by atoms with E-state index in [4.69, 9.17) is 9.47 Å². The summed E-state index contributed by atoms with van der Waals surface area (Å²) in [5.74, 6) is 1.24. The van der Waals surface area contributed by atoms with Crippen molar-refractivity contribution in [3.8, 4) is 17.2 Å². The summed E-state index contributed by atoms with van der Waals surface area (Å²) in [4.78, 5) is 24.7. The van der Waals surface area contributed by atoms with Gasteiger partial charge in [-0.1, -0.05) is 36.9 Å². The fraction of sp³-hybridized carbons (Fsp3) is 0.179. The number of aryl methyl sites for hydroxylation is 1. The molecule has 0 saturated heterocycles. The van der Waals surface area contributed by atoms with Crippen molar-refractivity contribution >= 4 is 29.9 Å². The highest BCUT2D eigenvalue weighted by molar-refractivity contribution is 7.99. The molecule has 0 radical (unpaired) electrons. The van der Waals surface area contributed by atoms with E-state index < -0.39 is 5.97 Å². The largest absolute Gasteiger partial charge is 0.494 e. The van der Waals surface area contributed by atoms with Gasteiger partial charge in [-0.2, -0.15) is 5.10 Å². The number of para-hydroxylation sites is 1. The van der Waals surface area contributed by atoms with Gasteiger partial charge < -0.3 is 9.47 Å². The van der Waals surface area contributed by atoms with Gasteiger partial charge in [0.25, 0.3) is 5.91 Å². The number of hydrazone groups is 1. The van der Waals surface area contributed by atoms with Crippen molar-refractivity contribution in [2.45, 2.75) is 25.4 Å². The smallest absolute Gasteiger partial charge is 0.343 e. The standard InChI is InChI=1S/C28H27N5O4S/c1-3-17-36-24-15-11-22(12-16-24)27(35)37-25-13-9-21(10-14-25)18-29-31-26(34)19-38-28-32-30-20(2)33(28)23-7-5-4-6-8-23/h4-16,18H,3,17,19H2,1-2H3,(H,31,34)/b29-18+. The van der Waals surface area contributed by atoms with Gasteiger partial charge in [-0.25, -0.2) is 10.2 Å². The van der Waals surface area contributed by atoms with Gasteiger partial charge in [0, 0.05) is 5.69 Å². The second-order valence-corrected chi connectivity index (χ2v) is 9.06. The number of hydrogen-bond donors (Lipinski definition) is 1. The van der Waals surface area contributed by atoms with E-state index in [0.717, 1.165) is 23.5 Å². The lowest BCUT2D eigenvalue weighted by atomic mass is 10.2. The molecular formula is C28H27N5O4S. The number of carbonyl (C=O) groups is 2. The maximum Gasteiger partial charge on any atom is 0.343 e. The van der Waals surface area contributed by atoms with Gasteiger partial charge in [0.05, 0.1) is 24.1 Å². The van der Waals surface area contributed by atoms with Crippen LogP contribution in [0.25, 0.3) is 5.69 Å². The Kier molecular flexibility index (Phi) is 9.25. The second kappa shape index (κ2) is 13.2. The summed E-state index contributed by atoms with van der Waals surface area (Å²) >= 11 is 1.27. The van der Waals surface area contributed by atoms with E-state index in [9.17, 15) is 9.59 Å². The van der Waals surface area contributed by atoms with Crippen molar-refractivity contribution < 1.29 is 19.1 Å². The number of ether oxygens (including phenoxy) is 2. The molecule has 1 N–H and O–H groups in total. The topological polar surface area (TPSA) is 108 Å². The van der Waals surface area contributed by atoms with Crippen LogP contribution < -0.4 is 14.9 Å². The third-order valence-electron chi connectivity index (χ3n) is 5.20. The quantitative estimate of drug-likeness (QED) is 0.0975. The molecule has 194 valence electrons. The lowest BCUT2D eigenvalue weighted by molar-refractivity contribution is -0.118. The molecule has 0 aliphatic carbocycles. The number of hydrogen-bond acceptors (Lipinski definition) is 8. The molecule has 38 heavy (non-hydrogen) atoms. The van der Waals surface area contributed by atoms with Crippen molar-refractivity contribution in [1.82, 2.24) is 20.2 Å². The first kappa shape index (κ1) is 26.6. The average molecular weight is 530 g/mol. The molecule has 0 unspecified atom stereocenters. The monoisotopic (exact) mass is 529 g/mol. The molecular weight excluding hydrogens is 502 g/mol. The van der Waals surface area contributed by atoms with Crippen molar-refractivity contribution in [2.75, 3.05) is 12.4 Å². The minimum absolute atomic E-state index is 0.128. The summed E-state index contributed by atoms with van der Waals surface area (Å²) in [5, 5.41) is 12.9. The van der Waals surface area contributed by atoms with Gasteiger partial charge in [0.2, 0.25) is 0 Å². The van der Waals surface area contributed by atoms with Crippen LogP contribution in [0.4, 0.5) is 0 Å². The Balaban J connectivity index is 1.25. The Labute approximate surface area is 224 Å². The fourth-order valence-corrected chi connectivity index (χ4v) is 4.14. The van der Waals surface area contributed by atoms with Crippen LogP contribution in [0.3, 0.4) is 0 Å². The van der Waals surface area contributed by atoms with Crippen LogP contribution in [0.2, 0.25) is 0 Å². The molecule has 0 spiro atoms. The summed E-state index contributed by atoms with van der Waals surface area (Å²) in [6.07, 6.45) is 2.43. The molecule has 1 aromatic heterocycles. The maximum absolute atomic E-state index is 12.4. The van der Waals surface area contributed by atoms with Crippen molar-refractivity contribution in [1.29, 1.82) is 0 Å². The first-order valence-electron chi connectivity index (χ1n) is 12.0. The normalized spacial score (nSPS) is 10.9. The Bertz CT molecular complexity index is 1390. The minimum atomic E-state index is -0.462. The molecule has 4 aromatic rings. The minimum Gasteiger partial charge on any atom is -0.494 e. The number of benzene rings is 3. The predicted octanol–water partition coefficient (Wildman–Crippen LogP) is 4.83. The molecule has 0 aliphatic rings. The average Bonchev–Trinajstić information content (AvgIpc) is 3.32. The molecule has 3 aromatic carbocycles. The van der Waals surface area contributed by atoms with Crippen molar-refractivity contribution in [3.63, 3.8) is 0 Å². The van der Waals surface area contributed by atoms with Gasteiger partial charge in [0.15, 0.2) is 5.16 Å². The summed E-state index contributed by atoms with van der Waals surface area (Å²) in [6, 6.07) is 23.3. The molecule has 0 saturated carbocycles. The van der Waals surface area contributed by atoms with Gasteiger partial charge in [-0.15, -0.1) is 10.2 Å². The van der Waals surface area contributed by atoms with E-state index in [2.05, 4.69) is 20.7 Å². The van der Waals surface area contributed by atoms with Gasteiger partial charge in [0.1, 0.15) is 17.3 Å². The highest BCUT2D eigenvalue weighted by Crippen LogP contribution is 2.21. The van der Waals surface area contributed by atoms with Gasteiger partial charge in [-0.3, -0.25) is 9.36 Å². The van der Waals surface area contributed by atoms with Crippen molar-refractivity contribution in [2.24, 2.45) is 5.10 Å². The van der Waals surface area contributed by atoms with E-state index in [1.807, 2.05) is 48.7 Å². The number of esters is 1. The van der Waals surface area contributed by atoms with E-state index >= 15 is 0 Å². The number of thioether (sulfide) groups is 1. The molecule has 0 atom stereocenters. The molecule has 9 nitrogen and oxygen atoms in total. The predicted molar refractivity (Wildman–Crippen MR) is 146 cm³/mol. The van der Waals surface area contributed by atoms with E-state index in [-0.39, 0.29) is 11.7 Å². The number of amides is 1. The van der Waals surface area contributed by atoms with Crippen LogP contribution in [0.15, 0.2) is 89.1 Å². The number of nitrogens with zero attached hydrogens (tertiary/aromatic N) is 4. The molecule has 0 fully saturated rings. The Morgan fingerprint density at radius 3 is 2.39 bits per heavy atom. The first-order chi connectivity index (χ1) is 18.5. The van der Waals surface area contributed by atoms with Gasteiger partial charge in [-0.05, 0) is 79.6 Å². The number of rotatable bonds is 11. The molecule has 0 bridgehead atoms. The number of aromatic nitrogens is 3. The fourth-order valence-electron chi connectivity index (χ4n) is 3.35. The summed E-state index contributed by atoms with van der Waals surface area (Å²) in [5.41, 5.74) is 4.60. The third kappa shape index (κ3) is 7.30.